The van der Waals surface area contributed by atoms with Gasteiger partial charge in [-0.3, -0.25) is 0 Å². The third-order valence-corrected chi connectivity index (χ3v) is 3.31. The topological polar surface area (TPSA) is 44.8 Å². The van der Waals surface area contributed by atoms with E-state index >= 15 is 0 Å². The van der Waals surface area contributed by atoms with Crippen LogP contribution in [0, 0.1) is 0 Å². The zero-order chi connectivity index (χ0) is 11.4. The molecule has 0 amide bonds. The molecule has 2 heterocycles. The summed E-state index contributed by atoms with van der Waals surface area (Å²) in [4.78, 5) is 11.8. The summed E-state index contributed by atoms with van der Waals surface area (Å²) < 4.78 is 15.6. The number of hydrogen-bond donors (Lipinski definition) is 0. The van der Waals surface area contributed by atoms with Crippen molar-refractivity contribution < 1.29 is 19.0 Å². The molecule has 1 fully saturated rings. The molecular formula is C11H14O4S. The van der Waals surface area contributed by atoms with Crippen LogP contribution in [0.2, 0.25) is 0 Å². The Labute approximate surface area is 98.1 Å². The van der Waals surface area contributed by atoms with Crippen molar-refractivity contribution in [3.8, 4) is 5.75 Å². The molecule has 1 aliphatic rings. The van der Waals surface area contributed by atoms with E-state index in [4.69, 9.17) is 9.47 Å². The molecule has 4 nitrogen and oxygen atoms in total. The molecule has 5 heteroatoms. The van der Waals surface area contributed by atoms with E-state index < -0.39 is 0 Å². The summed E-state index contributed by atoms with van der Waals surface area (Å²) in [5.41, 5.74) is 0. The van der Waals surface area contributed by atoms with Gasteiger partial charge in [-0.2, -0.15) is 0 Å². The minimum atomic E-state index is -0.322. The van der Waals surface area contributed by atoms with Crippen LogP contribution in [0.5, 0.6) is 5.75 Å². The highest BCUT2D eigenvalue weighted by Crippen LogP contribution is 2.23. The molecule has 0 bridgehead atoms. The van der Waals surface area contributed by atoms with Crippen LogP contribution >= 0.6 is 11.3 Å². The second-order valence-corrected chi connectivity index (χ2v) is 4.50. The summed E-state index contributed by atoms with van der Waals surface area (Å²) in [6, 6.07) is 1.70. The first-order chi connectivity index (χ1) is 7.79. The molecular weight excluding hydrogens is 228 g/mol. The maximum atomic E-state index is 11.2. The van der Waals surface area contributed by atoms with Crippen LogP contribution < -0.4 is 4.74 Å². The van der Waals surface area contributed by atoms with Gasteiger partial charge in [0.1, 0.15) is 17.2 Å². The predicted octanol–water partition coefficient (Wildman–Crippen LogP) is 2.09. The fraction of sp³-hybridized carbons (Fsp3) is 0.545. The van der Waals surface area contributed by atoms with E-state index in [1.165, 1.54) is 18.4 Å². The molecule has 1 aromatic heterocycles. The molecule has 0 radical (unpaired) electrons. The number of esters is 1. The zero-order valence-corrected chi connectivity index (χ0v) is 9.92. The van der Waals surface area contributed by atoms with Gasteiger partial charge in [-0.1, -0.05) is 0 Å². The van der Waals surface area contributed by atoms with Gasteiger partial charge in [0.05, 0.1) is 13.2 Å². The van der Waals surface area contributed by atoms with Crippen molar-refractivity contribution in [3.63, 3.8) is 0 Å². The lowest BCUT2D eigenvalue weighted by atomic mass is 10.2. The van der Waals surface area contributed by atoms with Crippen molar-refractivity contribution in [2.75, 3.05) is 20.3 Å². The van der Waals surface area contributed by atoms with Gasteiger partial charge in [-0.05, 0) is 12.8 Å². The third kappa shape index (κ3) is 2.74. The number of ether oxygens (including phenoxy) is 3. The van der Waals surface area contributed by atoms with Crippen LogP contribution in [0.4, 0.5) is 0 Å². The maximum absolute atomic E-state index is 11.2. The number of methoxy groups -OCH3 is 1. The summed E-state index contributed by atoms with van der Waals surface area (Å²) in [6.07, 6.45) is 2.35. The Balaban J connectivity index is 1.85. The van der Waals surface area contributed by atoms with E-state index in [2.05, 4.69) is 4.74 Å². The first-order valence-corrected chi connectivity index (χ1v) is 6.09. The van der Waals surface area contributed by atoms with E-state index in [1.54, 1.807) is 11.4 Å². The van der Waals surface area contributed by atoms with Crippen LogP contribution in [0.25, 0.3) is 0 Å². The Morgan fingerprint density at radius 2 is 2.56 bits per heavy atom. The lowest BCUT2D eigenvalue weighted by Crippen LogP contribution is -2.15. The SMILES string of the molecule is COC(=O)c1cc(OCC2CCCO2)cs1. The summed E-state index contributed by atoms with van der Waals surface area (Å²) in [7, 11) is 1.37. The lowest BCUT2D eigenvalue weighted by Gasteiger charge is -2.09. The number of carbonyl (C=O) groups excluding carboxylic acids is 1. The summed E-state index contributed by atoms with van der Waals surface area (Å²) >= 11 is 1.32. The van der Waals surface area contributed by atoms with Crippen LogP contribution in [-0.2, 0) is 9.47 Å². The van der Waals surface area contributed by atoms with Gasteiger partial charge < -0.3 is 14.2 Å². The largest absolute Gasteiger partial charge is 0.490 e. The van der Waals surface area contributed by atoms with Gasteiger partial charge in [-0.15, -0.1) is 11.3 Å². The quantitative estimate of drug-likeness (QED) is 0.758. The van der Waals surface area contributed by atoms with Gasteiger partial charge in [0, 0.05) is 18.1 Å². The molecule has 2 rings (SSSR count). The monoisotopic (exact) mass is 242 g/mol. The van der Waals surface area contributed by atoms with Crippen molar-refractivity contribution in [2.24, 2.45) is 0 Å². The Morgan fingerprint density at radius 3 is 3.25 bits per heavy atom. The van der Waals surface area contributed by atoms with Gasteiger partial charge >= 0.3 is 5.97 Å². The van der Waals surface area contributed by atoms with E-state index in [0.29, 0.717) is 17.2 Å². The Hall–Kier alpha value is -1.07. The smallest absolute Gasteiger partial charge is 0.348 e. The lowest BCUT2D eigenvalue weighted by molar-refractivity contribution is 0.0604. The molecule has 0 aromatic carbocycles. The first kappa shape index (κ1) is 11.4. The average Bonchev–Trinajstić information content (AvgIpc) is 2.96. The molecule has 0 saturated carbocycles. The minimum Gasteiger partial charge on any atom is -0.490 e. The minimum absolute atomic E-state index is 0.196. The highest BCUT2D eigenvalue weighted by atomic mass is 32.1. The van der Waals surface area contributed by atoms with E-state index in [9.17, 15) is 4.79 Å². The van der Waals surface area contributed by atoms with Crippen molar-refractivity contribution in [2.45, 2.75) is 18.9 Å². The first-order valence-electron chi connectivity index (χ1n) is 5.21. The van der Waals surface area contributed by atoms with Crippen molar-refractivity contribution in [3.05, 3.63) is 16.3 Å². The second-order valence-electron chi connectivity index (χ2n) is 3.58. The molecule has 0 N–H and O–H groups in total. The van der Waals surface area contributed by atoms with Crippen molar-refractivity contribution >= 4 is 17.3 Å². The predicted molar refractivity (Wildman–Crippen MR) is 60.1 cm³/mol. The summed E-state index contributed by atoms with van der Waals surface area (Å²) in [6.45, 7) is 1.38. The molecule has 1 aliphatic heterocycles. The molecule has 1 aromatic rings. The molecule has 1 atom stereocenters. The van der Waals surface area contributed by atoms with Gasteiger partial charge in [0.2, 0.25) is 0 Å². The highest BCUT2D eigenvalue weighted by molar-refractivity contribution is 7.12. The number of thiophene rings is 1. The van der Waals surface area contributed by atoms with Crippen molar-refractivity contribution in [1.82, 2.24) is 0 Å². The van der Waals surface area contributed by atoms with Crippen LogP contribution in [0.15, 0.2) is 11.4 Å². The Kier molecular flexibility index (Phi) is 3.79. The third-order valence-electron chi connectivity index (χ3n) is 2.42. The van der Waals surface area contributed by atoms with Crippen LogP contribution in [0.1, 0.15) is 22.5 Å². The fourth-order valence-electron chi connectivity index (χ4n) is 1.57. The molecule has 1 unspecified atom stereocenters. The molecule has 88 valence electrons. The van der Waals surface area contributed by atoms with Crippen LogP contribution in [0.3, 0.4) is 0 Å². The maximum Gasteiger partial charge on any atom is 0.348 e. The van der Waals surface area contributed by atoms with Gasteiger partial charge in [0.15, 0.2) is 0 Å². The summed E-state index contributed by atoms with van der Waals surface area (Å²) in [5.74, 6) is 0.387. The Morgan fingerprint density at radius 1 is 1.69 bits per heavy atom. The van der Waals surface area contributed by atoms with Gasteiger partial charge in [-0.25, -0.2) is 4.79 Å². The Bertz CT molecular complexity index is 355. The number of hydrogen-bond acceptors (Lipinski definition) is 5. The van der Waals surface area contributed by atoms with Crippen molar-refractivity contribution in [1.29, 1.82) is 0 Å². The highest BCUT2D eigenvalue weighted by Gasteiger charge is 2.17. The normalized spacial score (nSPS) is 19.7. The van der Waals surface area contributed by atoms with E-state index in [0.717, 1.165) is 19.4 Å². The zero-order valence-electron chi connectivity index (χ0n) is 9.10. The number of rotatable bonds is 4. The standard InChI is InChI=1S/C11H14O4S/c1-13-11(12)10-5-9(7-16-10)15-6-8-3-2-4-14-8/h5,7-8H,2-4,6H2,1H3. The van der Waals surface area contributed by atoms with E-state index in [-0.39, 0.29) is 12.1 Å². The second kappa shape index (κ2) is 5.32. The number of carbonyl (C=O) groups is 1. The molecule has 0 aliphatic carbocycles. The fourth-order valence-corrected chi connectivity index (χ4v) is 2.31. The molecule has 0 spiro atoms. The van der Waals surface area contributed by atoms with Crippen LogP contribution in [-0.4, -0.2) is 32.4 Å². The molecule has 1 saturated heterocycles. The van der Waals surface area contributed by atoms with Gasteiger partial charge in [0.25, 0.3) is 0 Å². The average molecular weight is 242 g/mol. The molecule has 16 heavy (non-hydrogen) atoms. The van der Waals surface area contributed by atoms with E-state index in [1.807, 2.05) is 0 Å². The summed E-state index contributed by atoms with van der Waals surface area (Å²) in [5, 5.41) is 1.81.